The van der Waals surface area contributed by atoms with Crippen LogP contribution in [0.2, 0.25) is 0 Å². The summed E-state index contributed by atoms with van der Waals surface area (Å²) >= 11 is 3.35. The number of rotatable bonds is 8. The highest BCUT2D eigenvalue weighted by molar-refractivity contribution is 9.10. The zero-order valence-electron chi connectivity index (χ0n) is 18.2. The van der Waals surface area contributed by atoms with Crippen molar-refractivity contribution in [2.75, 3.05) is 19.0 Å². The van der Waals surface area contributed by atoms with Gasteiger partial charge in [-0.2, -0.15) is 18.3 Å². The fourth-order valence-electron chi connectivity index (χ4n) is 2.85. The van der Waals surface area contributed by atoms with Crippen LogP contribution in [0.15, 0.2) is 76.3 Å². The molecule has 0 saturated carbocycles. The number of alkyl halides is 3. The lowest BCUT2D eigenvalue weighted by molar-refractivity contribution is -0.137. The van der Waals surface area contributed by atoms with Gasteiger partial charge >= 0.3 is 6.18 Å². The van der Waals surface area contributed by atoms with Crippen LogP contribution in [-0.2, 0) is 11.0 Å². The standard InChI is InChI=1S/C24H19BrF3N3O4/c1-34-20-11-16(13-29-31-23(33)15-6-5-7-17(10-15)24(26,27)28)19(25)12-21(20)35-14-22(32)30-18-8-3-2-4-9-18/h2-13H,14H2,1H3,(H,30,32)(H,31,33)/b29-13-. The first-order valence-corrected chi connectivity index (χ1v) is 10.8. The average Bonchev–Trinajstić information content (AvgIpc) is 2.84. The van der Waals surface area contributed by atoms with Crippen molar-refractivity contribution < 1.29 is 32.2 Å². The van der Waals surface area contributed by atoms with Crippen molar-refractivity contribution >= 4 is 39.6 Å². The number of anilines is 1. The highest BCUT2D eigenvalue weighted by Gasteiger charge is 2.30. The van der Waals surface area contributed by atoms with Crippen molar-refractivity contribution in [1.29, 1.82) is 0 Å². The fraction of sp³-hybridized carbons (Fsp3) is 0.125. The van der Waals surface area contributed by atoms with Crippen LogP contribution in [0.3, 0.4) is 0 Å². The number of hydrazone groups is 1. The fourth-order valence-corrected chi connectivity index (χ4v) is 3.27. The van der Waals surface area contributed by atoms with Crippen LogP contribution in [0.25, 0.3) is 0 Å². The second-order valence-corrected chi connectivity index (χ2v) is 7.86. The minimum absolute atomic E-state index is 0.189. The molecule has 0 unspecified atom stereocenters. The predicted molar refractivity (Wildman–Crippen MR) is 128 cm³/mol. The number of halogens is 4. The molecule has 7 nitrogen and oxygen atoms in total. The molecule has 0 aliphatic rings. The summed E-state index contributed by atoms with van der Waals surface area (Å²) in [5.41, 5.74) is 2.17. The Morgan fingerprint density at radius 2 is 1.77 bits per heavy atom. The third-order valence-corrected chi connectivity index (χ3v) is 5.21. The second kappa shape index (κ2) is 11.5. The highest BCUT2D eigenvalue weighted by Crippen LogP contribution is 2.33. The van der Waals surface area contributed by atoms with Gasteiger partial charge in [0, 0.05) is 21.3 Å². The van der Waals surface area contributed by atoms with Crippen LogP contribution in [0.4, 0.5) is 18.9 Å². The smallest absolute Gasteiger partial charge is 0.416 e. The monoisotopic (exact) mass is 549 g/mol. The van der Waals surface area contributed by atoms with Gasteiger partial charge in [-0.05, 0) is 58.4 Å². The van der Waals surface area contributed by atoms with Crippen molar-refractivity contribution in [2.24, 2.45) is 5.10 Å². The van der Waals surface area contributed by atoms with Gasteiger partial charge in [0.25, 0.3) is 11.8 Å². The summed E-state index contributed by atoms with van der Waals surface area (Å²) in [4.78, 5) is 24.3. The van der Waals surface area contributed by atoms with Crippen LogP contribution in [-0.4, -0.2) is 31.7 Å². The molecule has 0 aliphatic heterocycles. The van der Waals surface area contributed by atoms with E-state index in [9.17, 15) is 22.8 Å². The normalized spacial score (nSPS) is 11.2. The lowest BCUT2D eigenvalue weighted by atomic mass is 10.1. The molecule has 0 aromatic heterocycles. The molecular weight excluding hydrogens is 531 g/mol. The highest BCUT2D eigenvalue weighted by atomic mass is 79.9. The Bertz CT molecular complexity index is 1230. The van der Waals surface area contributed by atoms with E-state index in [1.54, 1.807) is 36.4 Å². The number of ether oxygens (including phenoxy) is 2. The number of para-hydroxylation sites is 1. The topological polar surface area (TPSA) is 89.0 Å². The SMILES string of the molecule is COc1cc(/C=N\NC(=O)c2cccc(C(F)(F)F)c2)c(Br)cc1OCC(=O)Nc1ccccc1. The first kappa shape index (κ1) is 25.8. The molecule has 0 bridgehead atoms. The van der Waals surface area contributed by atoms with Gasteiger partial charge < -0.3 is 14.8 Å². The summed E-state index contributed by atoms with van der Waals surface area (Å²) in [7, 11) is 1.41. The van der Waals surface area contributed by atoms with Crippen molar-refractivity contribution in [1.82, 2.24) is 5.43 Å². The quantitative estimate of drug-likeness (QED) is 0.296. The Hall–Kier alpha value is -3.86. The summed E-state index contributed by atoms with van der Waals surface area (Å²) in [6, 6.07) is 16.0. The molecule has 0 atom stereocenters. The van der Waals surface area contributed by atoms with Crippen LogP contribution < -0.4 is 20.2 Å². The van der Waals surface area contributed by atoms with Crippen LogP contribution in [0, 0.1) is 0 Å². The van der Waals surface area contributed by atoms with E-state index in [1.165, 1.54) is 19.4 Å². The minimum Gasteiger partial charge on any atom is -0.493 e. The van der Waals surface area contributed by atoms with E-state index < -0.39 is 17.6 Å². The summed E-state index contributed by atoms with van der Waals surface area (Å²) in [5.74, 6) is -0.587. The maximum Gasteiger partial charge on any atom is 0.416 e. The zero-order valence-corrected chi connectivity index (χ0v) is 19.8. The van der Waals surface area contributed by atoms with Crippen molar-refractivity contribution in [3.63, 3.8) is 0 Å². The Morgan fingerprint density at radius 1 is 1.03 bits per heavy atom. The lowest BCUT2D eigenvalue weighted by Crippen LogP contribution is -2.20. The number of nitrogens with one attached hydrogen (secondary N) is 2. The molecule has 2 N–H and O–H groups in total. The maximum absolute atomic E-state index is 12.8. The first-order valence-electron chi connectivity index (χ1n) is 10.0. The third-order valence-electron chi connectivity index (χ3n) is 4.52. The Labute approximate surface area is 207 Å². The van der Waals surface area contributed by atoms with E-state index in [2.05, 4.69) is 31.8 Å². The van der Waals surface area contributed by atoms with E-state index in [0.717, 1.165) is 18.2 Å². The Morgan fingerprint density at radius 3 is 2.46 bits per heavy atom. The zero-order chi connectivity index (χ0) is 25.4. The van der Waals surface area contributed by atoms with E-state index >= 15 is 0 Å². The Balaban J connectivity index is 1.64. The van der Waals surface area contributed by atoms with Gasteiger partial charge in [-0.25, -0.2) is 5.43 Å². The third kappa shape index (κ3) is 7.31. The van der Waals surface area contributed by atoms with Crippen LogP contribution >= 0.6 is 15.9 Å². The molecule has 182 valence electrons. The van der Waals surface area contributed by atoms with Crippen LogP contribution in [0.1, 0.15) is 21.5 Å². The summed E-state index contributed by atoms with van der Waals surface area (Å²) in [6.07, 6.45) is -3.28. The van der Waals surface area contributed by atoms with Gasteiger partial charge in [-0.3, -0.25) is 9.59 Å². The van der Waals surface area contributed by atoms with E-state index in [4.69, 9.17) is 9.47 Å². The van der Waals surface area contributed by atoms with Crippen molar-refractivity contribution in [3.05, 3.63) is 87.9 Å². The van der Waals surface area contributed by atoms with E-state index in [0.29, 0.717) is 21.5 Å². The second-order valence-electron chi connectivity index (χ2n) is 7.01. The molecule has 2 amide bonds. The van der Waals surface area contributed by atoms with E-state index in [1.807, 2.05) is 6.07 Å². The number of carbonyl (C=O) groups is 2. The van der Waals surface area contributed by atoms with Gasteiger partial charge in [0.1, 0.15) is 0 Å². The largest absolute Gasteiger partial charge is 0.493 e. The molecule has 35 heavy (non-hydrogen) atoms. The molecule has 3 rings (SSSR count). The molecule has 0 fully saturated rings. The van der Waals surface area contributed by atoms with Crippen molar-refractivity contribution in [2.45, 2.75) is 6.18 Å². The molecule has 0 saturated heterocycles. The number of hydrogen-bond acceptors (Lipinski definition) is 5. The first-order chi connectivity index (χ1) is 16.7. The number of amides is 2. The lowest BCUT2D eigenvalue weighted by Gasteiger charge is -2.13. The van der Waals surface area contributed by atoms with Gasteiger partial charge in [0.05, 0.1) is 18.9 Å². The summed E-state index contributed by atoms with van der Waals surface area (Å²) in [6.45, 7) is -0.266. The minimum atomic E-state index is -4.56. The number of nitrogens with zero attached hydrogens (tertiary/aromatic N) is 1. The van der Waals surface area contributed by atoms with Gasteiger partial charge in [-0.1, -0.05) is 24.3 Å². The molecule has 3 aromatic carbocycles. The number of methoxy groups -OCH3 is 1. The number of hydrogen-bond donors (Lipinski definition) is 2. The van der Waals surface area contributed by atoms with Crippen LogP contribution in [0.5, 0.6) is 11.5 Å². The maximum atomic E-state index is 12.8. The summed E-state index contributed by atoms with van der Waals surface area (Å²) in [5, 5.41) is 6.50. The predicted octanol–water partition coefficient (Wildman–Crippen LogP) is 5.26. The molecule has 0 heterocycles. The molecule has 0 aliphatic carbocycles. The van der Waals surface area contributed by atoms with Gasteiger partial charge in [0.2, 0.25) is 0 Å². The van der Waals surface area contributed by atoms with Crippen molar-refractivity contribution in [3.8, 4) is 11.5 Å². The Kier molecular flexibility index (Phi) is 8.48. The van der Waals surface area contributed by atoms with Gasteiger partial charge in [0.15, 0.2) is 18.1 Å². The average molecular weight is 550 g/mol. The molecule has 11 heteroatoms. The number of benzene rings is 3. The molecule has 0 spiro atoms. The van der Waals surface area contributed by atoms with E-state index in [-0.39, 0.29) is 23.8 Å². The van der Waals surface area contributed by atoms with Gasteiger partial charge in [-0.15, -0.1) is 0 Å². The molecular formula is C24H19BrF3N3O4. The molecule has 0 radical (unpaired) electrons. The number of carbonyl (C=O) groups excluding carboxylic acids is 2. The summed E-state index contributed by atoms with van der Waals surface area (Å²) < 4.78 is 49.9. The molecule has 3 aromatic rings.